The number of carbonyl (C=O) groups is 1. The van der Waals surface area contributed by atoms with Crippen LogP contribution < -0.4 is 11.1 Å². The molecule has 2 unspecified atom stereocenters. The van der Waals surface area contributed by atoms with Crippen LogP contribution in [0, 0.1) is 6.92 Å². The number of rotatable bonds is 3. The minimum Gasteiger partial charge on any atom is -0.457 e. The third kappa shape index (κ3) is 2.89. The fraction of sp³-hybridized carbons (Fsp3) is 0.444. The first-order valence-corrected chi connectivity index (χ1v) is 8.47. The first-order chi connectivity index (χ1) is 12.0. The Morgan fingerprint density at radius 2 is 2.16 bits per heavy atom. The second-order valence-electron chi connectivity index (χ2n) is 6.77. The number of aromatic nitrogens is 1. The zero-order valence-corrected chi connectivity index (χ0v) is 14.3. The van der Waals surface area contributed by atoms with Crippen molar-refractivity contribution in [3.8, 4) is 0 Å². The van der Waals surface area contributed by atoms with Gasteiger partial charge in [-0.3, -0.25) is 9.88 Å². The number of hydrogen-bond donors (Lipinski definition) is 2. The molecule has 0 amide bonds. The monoisotopic (exact) mass is 343 g/mol. The zero-order valence-electron chi connectivity index (χ0n) is 14.3. The highest BCUT2D eigenvalue weighted by molar-refractivity contribution is 5.93. The minimum absolute atomic E-state index is 0.155. The van der Waals surface area contributed by atoms with Gasteiger partial charge >= 0.3 is 11.7 Å². The second-order valence-corrected chi connectivity index (χ2v) is 6.77. The molecule has 0 spiro atoms. The lowest BCUT2D eigenvalue weighted by Gasteiger charge is -2.39. The van der Waals surface area contributed by atoms with Crippen molar-refractivity contribution in [2.75, 3.05) is 13.1 Å². The van der Waals surface area contributed by atoms with Crippen LogP contribution in [0.4, 0.5) is 0 Å². The number of H-pyrrole nitrogens is 1. The third-order valence-electron chi connectivity index (χ3n) is 5.22. The summed E-state index contributed by atoms with van der Waals surface area (Å²) in [4.78, 5) is 27.7. The maximum Gasteiger partial charge on any atom is 0.416 e. The van der Waals surface area contributed by atoms with Gasteiger partial charge in [0.1, 0.15) is 12.4 Å². The number of ether oxygens (including phenoxy) is 1. The number of nitrogens with zero attached hydrogens (tertiary/aromatic N) is 1. The summed E-state index contributed by atoms with van der Waals surface area (Å²) >= 11 is 0. The molecule has 2 aromatic rings. The minimum atomic E-state index is -0.423. The van der Waals surface area contributed by atoms with Crippen LogP contribution in [-0.2, 0) is 17.9 Å². The maximum atomic E-state index is 11.7. The van der Waals surface area contributed by atoms with Crippen LogP contribution in [0.15, 0.2) is 27.5 Å². The summed E-state index contributed by atoms with van der Waals surface area (Å²) in [7, 11) is 0. The van der Waals surface area contributed by atoms with Crippen molar-refractivity contribution in [2.45, 2.75) is 39.1 Å². The lowest BCUT2D eigenvalue weighted by Crippen LogP contribution is -2.51. The molecule has 7 nitrogen and oxygen atoms in total. The largest absolute Gasteiger partial charge is 0.457 e. The first-order valence-electron chi connectivity index (χ1n) is 8.47. The molecule has 1 saturated heterocycles. The van der Waals surface area contributed by atoms with E-state index < -0.39 is 5.76 Å². The van der Waals surface area contributed by atoms with E-state index in [4.69, 9.17) is 9.15 Å². The van der Waals surface area contributed by atoms with Gasteiger partial charge in [0.05, 0.1) is 12.1 Å². The lowest BCUT2D eigenvalue weighted by atomic mass is 9.92. The second kappa shape index (κ2) is 6.16. The Bertz CT molecular complexity index is 869. The van der Waals surface area contributed by atoms with Crippen LogP contribution in [-0.4, -0.2) is 35.0 Å². The van der Waals surface area contributed by atoms with E-state index in [1.807, 2.05) is 19.1 Å². The number of fused-ring (bicyclic) bond motifs is 1. The number of benzene rings is 1. The average molecular weight is 343 g/mol. The third-order valence-corrected chi connectivity index (χ3v) is 5.22. The SMILES string of the molecule is Cc1c(C2CN(Cc3c[nH]c(=O)o3)C(C)CN2)ccc2c1COC2=O. The Morgan fingerprint density at radius 1 is 1.32 bits per heavy atom. The summed E-state index contributed by atoms with van der Waals surface area (Å²) in [5.41, 5.74) is 3.97. The van der Waals surface area contributed by atoms with Crippen molar-refractivity contribution < 1.29 is 13.9 Å². The molecule has 2 aliphatic rings. The molecule has 1 aromatic carbocycles. The Balaban J connectivity index is 1.57. The molecule has 2 aliphatic heterocycles. The van der Waals surface area contributed by atoms with E-state index in [0.29, 0.717) is 30.5 Å². The fourth-order valence-corrected chi connectivity index (χ4v) is 3.69. The van der Waals surface area contributed by atoms with Gasteiger partial charge in [0.2, 0.25) is 0 Å². The van der Waals surface area contributed by atoms with Crippen molar-refractivity contribution in [2.24, 2.45) is 0 Å². The Morgan fingerprint density at radius 3 is 2.92 bits per heavy atom. The lowest BCUT2D eigenvalue weighted by molar-refractivity contribution is 0.0535. The molecule has 2 atom stereocenters. The Kier molecular flexibility index (Phi) is 3.97. The van der Waals surface area contributed by atoms with E-state index in [1.54, 1.807) is 6.20 Å². The molecule has 3 heterocycles. The maximum absolute atomic E-state index is 11.7. The summed E-state index contributed by atoms with van der Waals surface area (Å²) in [6, 6.07) is 4.37. The predicted molar refractivity (Wildman–Crippen MR) is 90.2 cm³/mol. The molecule has 25 heavy (non-hydrogen) atoms. The van der Waals surface area contributed by atoms with E-state index in [-0.39, 0.29) is 12.0 Å². The number of cyclic esters (lactones) is 1. The molecule has 0 saturated carbocycles. The molecule has 4 rings (SSSR count). The number of oxazole rings is 1. The van der Waals surface area contributed by atoms with E-state index >= 15 is 0 Å². The van der Waals surface area contributed by atoms with Crippen LogP contribution >= 0.6 is 0 Å². The van der Waals surface area contributed by atoms with Crippen molar-refractivity contribution in [3.63, 3.8) is 0 Å². The molecule has 7 heteroatoms. The van der Waals surface area contributed by atoms with E-state index in [9.17, 15) is 9.59 Å². The van der Waals surface area contributed by atoms with E-state index in [1.165, 1.54) is 5.56 Å². The predicted octanol–water partition coefficient (Wildman–Crippen LogP) is 1.48. The number of piperazine rings is 1. The Hall–Kier alpha value is -2.38. The van der Waals surface area contributed by atoms with Gasteiger partial charge in [0, 0.05) is 36.9 Å². The van der Waals surface area contributed by atoms with Gasteiger partial charge in [-0.2, -0.15) is 0 Å². The summed E-state index contributed by atoms with van der Waals surface area (Å²) in [5, 5.41) is 3.58. The van der Waals surface area contributed by atoms with E-state index in [0.717, 1.165) is 24.2 Å². The summed E-state index contributed by atoms with van der Waals surface area (Å²) in [5.74, 6) is -0.0189. The van der Waals surface area contributed by atoms with Crippen LogP contribution in [0.1, 0.15) is 45.8 Å². The first kappa shape index (κ1) is 16.1. The number of esters is 1. The van der Waals surface area contributed by atoms with Crippen molar-refractivity contribution >= 4 is 5.97 Å². The molecule has 1 fully saturated rings. The van der Waals surface area contributed by atoms with Gasteiger partial charge in [0.25, 0.3) is 0 Å². The van der Waals surface area contributed by atoms with Crippen LogP contribution in [0.5, 0.6) is 0 Å². The van der Waals surface area contributed by atoms with Crippen molar-refractivity contribution in [3.05, 3.63) is 56.9 Å². The topological polar surface area (TPSA) is 87.6 Å². The van der Waals surface area contributed by atoms with Crippen LogP contribution in [0.3, 0.4) is 0 Å². The number of nitrogens with one attached hydrogen (secondary N) is 2. The van der Waals surface area contributed by atoms with Crippen LogP contribution in [0.2, 0.25) is 0 Å². The molecular weight excluding hydrogens is 322 g/mol. The summed E-state index contributed by atoms with van der Waals surface area (Å²) < 4.78 is 10.3. The molecule has 0 bridgehead atoms. The zero-order chi connectivity index (χ0) is 17.6. The number of hydrogen-bond acceptors (Lipinski definition) is 6. The molecule has 0 aliphatic carbocycles. The van der Waals surface area contributed by atoms with Gasteiger partial charge in [-0.25, -0.2) is 9.59 Å². The van der Waals surface area contributed by atoms with Gasteiger partial charge in [-0.05, 0) is 31.0 Å². The van der Waals surface area contributed by atoms with Gasteiger partial charge in [-0.1, -0.05) is 6.07 Å². The quantitative estimate of drug-likeness (QED) is 0.821. The molecule has 0 radical (unpaired) electrons. The standard InChI is InChI=1S/C18H21N3O4/c1-10-5-19-16(8-21(10)7-12-6-20-18(23)25-12)13-3-4-14-15(11(13)2)9-24-17(14)22/h3-4,6,10,16,19H,5,7-9H2,1-2H3,(H,20,23). The molecule has 1 aromatic heterocycles. The summed E-state index contributed by atoms with van der Waals surface area (Å²) in [6.07, 6.45) is 1.62. The van der Waals surface area contributed by atoms with Crippen molar-refractivity contribution in [1.29, 1.82) is 0 Å². The average Bonchev–Trinajstić information content (AvgIpc) is 3.17. The van der Waals surface area contributed by atoms with Crippen LogP contribution in [0.25, 0.3) is 0 Å². The Labute approximate surface area is 145 Å². The smallest absolute Gasteiger partial charge is 0.416 e. The number of carbonyl (C=O) groups excluding carboxylic acids is 1. The highest BCUT2D eigenvalue weighted by atomic mass is 16.5. The van der Waals surface area contributed by atoms with Crippen molar-refractivity contribution in [1.82, 2.24) is 15.2 Å². The normalized spacial score (nSPS) is 23.5. The highest BCUT2D eigenvalue weighted by Gasteiger charge is 2.30. The highest BCUT2D eigenvalue weighted by Crippen LogP contribution is 2.31. The number of aromatic amines is 1. The van der Waals surface area contributed by atoms with Gasteiger partial charge in [0.15, 0.2) is 0 Å². The molecule has 2 N–H and O–H groups in total. The van der Waals surface area contributed by atoms with Gasteiger partial charge in [-0.15, -0.1) is 0 Å². The molecular formula is C18H21N3O4. The fourth-order valence-electron chi connectivity index (χ4n) is 3.69. The van der Waals surface area contributed by atoms with Gasteiger partial charge < -0.3 is 14.5 Å². The van der Waals surface area contributed by atoms with E-state index in [2.05, 4.69) is 22.1 Å². The molecule has 132 valence electrons. The summed E-state index contributed by atoms with van der Waals surface area (Å²) in [6.45, 7) is 6.77.